The van der Waals surface area contributed by atoms with Gasteiger partial charge in [0.25, 0.3) is 0 Å². The number of aromatic nitrogens is 1. The Hall–Kier alpha value is -1.27. The van der Waals surface area contributed by atoms with Crippen molar-refractivity contribution in [3.05, 3.63) is 29.6 Å². The molecule has 0 saturated carbocycles. The molecule has 1 aromatic heterocycles. The number of hydrogen-bond donors (Lipinski definition) is 1. The standard InChI is InChI=1S/C11H16N2O3S/c1-8-3-5-13-7-9(8)11(14)10(12)4-6-17(2,15)16/h3,5,7,10H,4,6,12H2,1-2H3. The number of carbonyl (C=O) groups is 1. The molecule has 17 heavy (non-hydrogen) atoms. The number of Topliss-reactive ketones (excluding diaryl/α,β-unsaturated/α-hetero) is 1. The van der Waals surface area contributed by atoms with E-state index in [0.29, 0.717) is 5.56 Å². The van der Waals surface area contributed by atoms with Gasteiger partial charge in [0.05, 0.1) is 11.8 Å². The molecule has 0 radical (unpaired) electrons. The smallest absolute Gasteiger partial charge is 0.181 e. The summed E-state index contributed by atoms with van der Waals surface area (Å²) in [5.41, 5.74) is 6.93. The summed E-state index contributed by atoms with van der Waals surface area (Å²) < 4.78 is 22.0. The van der Waals surface area contributed by atoms with Crippen molar-refractivity contribution in [3.63, 3.8) is 0 Å². The highest BCUT2D eigenvalue weighted by molar-refractivity contribution is 7.90. The van der Waals surface area contributed by atoms with Gasteiger partial charge in [-0.1, -0.05) is 0 Å². The Labute approximate surface area is 101 Å². The zero-order chi connectivity index (χ0) is 13.1. The average molecular weight is 256 g/mol. The quantitative estimate of drug-likeness (QED) is 0.767. The Balaban J connectivity index is 2.74. The second-order valence-electron chi connectivity index (χ2n) is 4.08. The lowest BCUT2D eigenvalue weighted by Crippen LogP contribution is -2.33. The van der Waals surface area contributed by atoms with E-state index >= 15 is 0 Å². The molecule has 1 heterocycles. The number of ketones is 1. The van der Waals surface area contributed by atoms with Gasteiger partial charge in [0, 0.05) is 24.2 Å². The zero-order valence-electron chi connectivity index (χ0n) is 9.88. The lowest BCUT2D eigenvalue weighted by atomic mass is 10.0. The van der Waals surface area contributed by atoms with Crippen LogP contribution >= 0.6 is 0 Å². The number of nitrogens with two attached hydrogens (primary N) is 1. The molecular weight excluding hydrogens is 240 g/mol. The lowest BCUT2D eigenvalue weighted by Gasteiger charge is -2.11. The topological polar surface area (TPSA) is 90.1 Å². The van der Waals surface area contributed by atoms with Gasteiger partial charge in [-0.2, -0.15) is 0 Å². The molecular formula is C11H16N2O3S. The molecule has 5 nitrogen and oxygen atoms in total. The summed E-state index contributed by atoms with van der Waals surface area (Å²) in [6.45, 7) is 1.79. The molecule has 0 fully saturated rings. The molecule has 94 valence electrons. The van der Waals surface area contributed by atoms with E-state index in [2.05, 4.69) is 4.98 Å². The van der Waals surface area contributed by atoms with Crippen LogP contribution in [-0.2, 0) is 9.84 Å². The molecule has 1 rings (SSSR count). The summed E-state index contributed by atoms with van der Waals surface area (Å²) in [6.07, 6.45) is 4.30. The maximum absolute atomic E-state index is 11.9. The number of nitrogens with zero attached hydrogens (tertiary/aromatic N) is 1. The molecule has 0 aliphatic heterocycles. The van der Waals surface area contributed by atoms with E-state index in [1.807, 2.05) is 0 Å². The van der Waals surface area contributed by atoms with Gasteiger partial charge in [-0.15, -0.1) is 0 Å². The average Bonchev–Trinajstić information content (AvgIpc) is 2.24. The van der Waals surface area contributed by atoms with Gasteiger partial charge in [0.15, 0.2) is 5.78 Å². The second kappa shape index (κ2) is 5.37. The SMILES string of the molecule is Cc1ccncc1C(=O)C(N)CCS(C)(=O)=O. The maximum Gasteiger partial charge on any atom is 0.181 e. The predicted octanol–water partition coefficient (Wildman–Crippen LogP) is 0.335. The van der Waals surface area contributed by atoms with Crippen LogP contribution in [0.2, 0.25) is 0 Å². The predicted molar refractivity (Wildman–Crippen MR) is 65.6 cm³/mol. The minimum Gasteiger partial charge on any atom is -0.321 e. The molecule has 0 aromatic carbocycles. The molecule has 0 saturated heterocycles. The third-order valence-corrected chi connectivity index (χ3v) is 3.42. The van der Waals surface area contributed by atoms with Crippen LogP contribution in [-0.4, -0.2) is 37.2 Å². The number of pyridine rings is 1. The van der Waals surface area contributed by atoms with Crippen molar-refractivity contribution >= 4 is 15.6 Å². The van der Waals surface area contributed by atoms with Crippen molar-refractivity contribution in [1.82, 2.24) is 4.98 Å². The third kappa shape index (κ3) is 4.24. The molecule has 0 aliphatic rings. The number of hydrogen-bond acceptors (Lipinski definition) is 5. The van der Waals surface area contributed by atoms with E-state index in [1.54, 1.807) is 19.2 Å². The van der Waals surface area contributed by atoms with Crippen molar-refractivity contribution in [3.8, 4) is 0 Å². The van der Waals surface area contributed by atoms with Crippen LogP contribution in [0.5, 0.6) is 0 Å². The lowest BCUT2D eigenvalue weighted by molar-refractivity contribution is 0.0959. The van der Waals surface area contributed by atoms with Crippen LogP contribution in [0.25, 0.3) is 0 Å². The van der Waals surface area contributed by atoms with Crippen LogP contribution in [0.4, 0.5) is 0 Å². The molecule has 1 aromatic rings. The van der Waals surface area contributed by atoms with Crippen LogP contribution in [0.1, 0.15) is 22.3 Å². The number of rotatable bonds is 5. The highest BCUT2D eigenvalue weighted by Gasteiger charge is 2.19. The Kier molecular flexibility index (Phi) is 4.36. The van der Waals surface area contributed by atoms with Crippen LogP contribution in [0, 0.1) is 6.92 Å². The van der Waals surface area contributed by atoms with Gasteiger partial charge < -0.3 is 5.73 Å². The van der Waals surface area contributed by atoms with Gasteiger partial charge >= 0.3 is 0 Å². The molecule has 6 heteroatoms. The highest BCUT2D eigenvalue weighted by Crippen LogP contribution is 2.09. The van der Waals surface area contributed by atoms with E-state index in [4.69, 9.17) is 5.73 Å². The van der Waals surface area contributed by atoms with Gasteiger partial charge in [-0.25, -0.2) is 8.42 Å². The monoisotopic (exact) mass is 256 g/mol. The summed E-state index contributed by atoms with van der Waals surface area (Å²) >= 11 is 0. The van der Waals surface area contributed by atoms with Crippen molar-refractivity contribution < 1.29 is 13.2 Å². The third-order valence-electron chi connectivity index (χ3n) is 2.44. The van der Waals surface area contributed by atoms with E-state index in [-0.39, 0.29) is 18.0 Å². The first kappa shape index (κ1) is 13.8. The number of carbonyl (C=O) groups excluding carboxylic acids is 1. The van der Waals surface area contributed by atoms with E-state index in [1.165, 1.54) is 6.20 Å². The first-order valence-corrected chi connectivity index (χ1v) is 7.25. The summed E-state index contributed by atoms with van der Waals surface area (Å²) in [5.74, 6) is -0.349. The fraction of sp³-hybridized carbons (Fsp3) is 0.455. The first-order chi connectivity index (χ1) is 7.81. The van der Waals surface area contributed by atoms with Gasteiger partial charge in [0.1, 0.15) is 9.84 Å². The summed E-state index contributed by atoms with van der Waals surface area (Å²) in [5, 5.41) is 0. The van der Waals surface area contributed by atoms with Gasteiger partial charge in [-0.05, 0) is 25.0 Å². The largest absolute Gasteiger partial charge is 0.321 e. The fourth-order valence-electron chi connectivity index (χ4n) is 1.39. The minimum atomic E-state index is -3.09. The molecule has 0 bridgehead atoms. The van der Waals surface area contributed by atoms with Crippen molar-refractivity contribution in [2.75, 3.05) is 12.0 Å². The molecule has 0 spiro atoms. The summed E-state index contributed by atoms with van der Waals surface area (Å²) in [6, 6.07) is 0.920. The van der Waals surface area contributed by atoms with Crippen molar-refractivity contribution in [2.24, 2.45) is 5.73 Å². The number of aryl methyl sites for hydroxylation is 1. The molecule has 1 atom stereocenters. The number of sulfone groups is 1. The Morgan fingerprint density at radius 3 is 2.71 bits per heavy atom. The van der Waals surface area contributed by atoms with Crippen LogP contribution < -0.4 is 5.73 Å². The van der Waals surface area contributed by atoms with E-state index in [9.17, 15) is 13.2 Å². The highest BCUT2D eigenvalue weighted by atomic mass is 32.2. The van der Waals surface area contributed by atoms with Crippen LogP contribution in [0.3, 0.4) is 0 Å². The fourth-order valence-corrected chi connectivity index (χ4v) is 2.08. The Morgan fingerprint density at radius 2 is 2.18 bits per heavy atom. The molecule has 0 aliphatic carbocycles. The maximum atomic E-state index is 11.9. The molecule has 1 unspecified atom stereocenters. The first-order valence-electron chi connectivity index (χ1n) is 5.19. The van der Waals surface area contributed by atoms with Crippen molar-refractivity contribution in [2.45, 2.75) is 19.4 Å². The van der Waals surface area contributed by atoms with Gasteiger partial charge in [0.2, 0.25) is 0 Å². The Bertz CT molecular complexity index is 511. The van der Waals surface area contributed by atoms with Gasteiger partial charge in [-0.3, -0.25) is 9.78 Å². The Morgan fingerprint density at radius 1 is 1.53 bits per heavy atom. The summed E-state index contributed by atoms with van der Waals surface area (Å²) in [7, 11) is -3.09. The normalized spacial score (nSPS) is 13.4. The van der Waals surface area contributed by atoms with Crippen LogP contribution in [0.15, 0.2) is 18.5 Å². The van der Waals surface area contributed by atoms with E-state index < -0.39 is 15.9 Å². The molecule has 2 N–H and O–H groups in total. The minimum absolute atomic E-state index is 0.0841. The van der Waals surface area contributed by atoms with E-state index in [0.717, 1.165) is 11.8 Å². The molecule has 0 amide bonds. The second-order valence-corrected chi connectivity index (χ2v) is 6.34. The summed E-state index contributed by atoms with van der Waals surface area (Å²) in [4.78, 5) is 15.8. The zero-order valence-corrected chi connectivity index (χ0v) is 10.7. The van der Waals surface area contributed by atoms with Crippen molar-refractivity contribution in [1.29, 1.82) is 0 Å².